The third-order valence-corrected chi connectivity index (χ3v) is 4.74. The first-order valence-corrected chi connectivity index (χ1v) is 8.61. The number of ketones is 1. The zero-order valence-corrected chi connectivity index (χ0v) is 14.9. The first-order valence-electron chi connectivity index (χ1n) is 8.61. The van der Waals surface area contributed by atoms with Gasteiger partial charge in [0.1, 0.15) is 17.1 Å². The number of nitrogens with zero attached hydrogens (tertiary/aromatic N) is 2. The Bertz CT molecular complexity index is 1160. The van der Waals surface area contributed by atoms with E-state index in [1.807, 2.05) is 0 Å². The van der Waals surface area contributed by atoms with Crippen LogP contribution in [0.1, 0.15) is 38.8 Å². The molecule has 0 saturated heterocycles. The van der Waals surface area contributed by atoms with E-state index in [-0.39, 0.29) is 41.1 Å². The Labute approximate surface area is 159 Å². The molecule has 1 aliphatic heterocycles. The summed E-state index contributed by atoms with van der Waals surface area (Å²) in [6.07, 6.45) is 1.40. The molecule has 1 aromatic heterocycles. The smallest absolute Gasteiger partial charge is 0.265 e. The van der Waals surface area contributed by atoms with E-state index in [4.69, 9.17) is 0 Å². The van der Waals surface area contributed by atoms with Gasteiger partial charge >= 0.3 is 0 Å². The highest BCUT2D eigenvalue weighted by Gasteiger charge is 2.41. The second-order valence-electron chi connectivity index (χ2n) is 6.68. The molecule has 0 bridgehead atoms. The van der Waals surface area contributed by atoms with Gasteiger partial charge in [0, 0.05) is 18.0 Å². The fraction of sp³-hybridized carbons (Fsp3) is 0.143. The van der Waals surface area contributed by atoms with Crippen LogP contribution in [-0.2, 0) is 17.8 Å². The minimum absolute atomic E-state index is 0.0281. The quantitative estimate of drug-likeness (QED) is 0.705. The zero-order valence-electron chi connectivity index (χ0n) is 14.9. The minimum atomic E-state index is -0.667. The van der Waals surface area contributed by atoms with Crippen molar-refractivity contribution in [1.29, 1.82) is 0 Å². The van der Waals surface area contributed by atoms with Crippen molar-refractivity contribution in [3.8, 4) is 5.75 Å². The van der Waals surface area contributed by atoms with Crippen LogP contribution in [0.3, 0.4) is 0 Å². The minimum Gasteiger partial charge on any atom is -0.505 e. The highest BCUT2D eigenvalue weighted by Crippen LogP contribution is 2.40. The lowest BCUT2D eigenvalue weighted by Gasteiger charge is -2.14. The number of benzene rings is 2. The van der Waals surface area contributed by atoms with Gasteiger partial charge in [0.25, 0.3) is 11.8 Å². The van der Waals surface area contributed by atoms with E-state index in [1.165, 1.54) is 37.4 Å². The largest absolute Gasteiger partial charge is 0.505 e. The van der Waals surface area contributed by atoms with E-state index in [0.29, 0.717) is 16.5 Å². The van der Waals surface area contributed by atoms with E-state index in [9.17, 15) is 23.9 Å². The maximum absolute atomic E-state index is 13.1. The number of carbonyl (C=O) groups excluding carboxylic acids is 3. The number of halogens is 1. The molecule has 6 nitrogen and oxygen atoms in total. The first-order chi connectivity index (χ1) is 13.4. The molecule has 2 heterocycles. The van der Waals surface area contributed by atoms with Gasteiger partial charge in [-0.3, -0.25) is 24.3 Å². The molecule has 3 aromatic rings. The molecule has 0 spiro atoms. The summed E-state index contributed by atoms with van der Waals surface area (Å²) in [5.41, 5.74) is 0.992. The van der Waals surface area contributed by atoms with Crippen molar-refractivity contribution >= 4 is 28.5 Å². The van der Waals surface area contributed by atoms with Crippen molar-refractivity contribution in [2.24, 2.45) is 0 Å². The predicted molar refractivity (Wildman–Crippen MR) is 98.4 cm³/mol. The zero-order chi connectivity index (χ0) is 20.0. The van der Waals surface area contributed by atoms with Crippen molar-refractivity contribution in [3.63, 3.8) is 0 Å². The number of phenols is 1. The predicted octanol–water partition coefficient (Wildman–Crippen LogP) is 3.01. The second-order valence-corrected chi connectivity index (χ2v) is 6.68. The average Bonchev–Trinajstić information content (AvgIpc) is 2.91. The van der Waals surface area contributed by atoms with Crippen LogP contribution in [0.4, 0.5) is 4.39 Å². The van der Waals surface area contributed by atoms with Crippen molar-refractivity contribution in [2.45, 2.75) is 19.9 Å². The molecule has 7 heteroatoms. The summed E-state index contributed by atoms with van der Waals surface area (Å²) in [5.74, 6) is -2.25. The Kier molecular flexibility index (Phi) is 4.15. The normalized spacial score (nSPS) is 13.3. The molecular weight excluding hydrogens is 363 g/mol. The van der Waals surface area contributed by atoms with Crippen molar-refractivity contribution in [1.82, 2.24) is 9.88 Å². The molecule has 28 heavy (non-hydrogen) atoms. The number of Topliss-reactive ketones (excluding diaryl/α,β-unsaturated/α-hetero) is 1. The Morgan fingerprint density at radius 2 is 1.79 bits per heavy atom. The Morgan fingerprint density at radius 1 is 1.11 bits per heavy atom. The van der Waals surface area contributed by atoms with Gasteiger partial charge in [-0.2, -0.15) is 0 Å². The summed E-state index contributed by atoms with van der Waals surface area (Å²) in [4.78, 5) is 42.9. The summed E-state index contributed by atoms with van der Waals surface area (Å²) < 4.78 is 13.1. The number of aromatic nitrogens is 1. The number of fused-ring (bicyclic) bond motifs is 2. The first kappa shape index (κ1) is 17.8. The number of aromatic hydroxyl groups is 1. The topological polar surface area (TPSA) is 87.6 Å². The lowest BCUT2D eigenvalue weighted by atomic mass is 9.93. The third kappa shape index (κ3) is 2.72. The van der Waals surface area contributed by atoms with Crippen LogP contribution in [0.25, 0.3) is 10.9 Å². The SMILES string of the molecule is CC(=O)Cc1c2c(c(O)c3ncccc13)C(=O)N(Cc1ccc(F)cc1)C2=O. The molecule has 140 valence electrons. The van der Waals surface area contributed by atoms with Gasteiger partial charge in [-0.05, 0) is 36.2 Å². The molecular formula is C21H15FN2O4. The molecule has 0 saturated carbocycles. The highest BCUT2D eigenvalue weighted by atomic mass is 19.1. The van der Waals surface area contributed by atoms with Crippen molar-refractivity contribution in [2.75, 3.05) is 0 Å². The highest BCUT2D eigenvalue weighted by molar-refractivity contribution is 6.26. The van der Waals surface area contributed by atoms with Crippen molar-refractivity contribution < 1.29 is 23.9 Å². The van der Waals surface area contributed by atoms with Crippen LogP contribution in [0.5, 0.6) is 5.75 Å². The third-order valence-electron chi connectivity index (χ3n) is 4.74. The molecule has 0 fully saturated rings. The van der Waals surface area contributed by atoms with Gasteiger partial charge in [-0.15, -0.1) is 0 Å². The number of carbonyl (C=O) groups is 3. The van der Waals surface area contributed by atoms with E-state index in [2.05, 4.69) is 4.98 Å². The average molecular weight is 378 g/mol. The van der Waals surface area contributed by atoms with Crippen LogP contribution >= 0.6 is 0 Å². The molecule has 1 N–H and O–H groups in total. The van der Waals surface area contributed by atoms with E-state index >= 15 is 0 Å². The lowest BCUT2D eigenvalue weighted by molar-refractivity contribution is -0.116. The second kappa shape index (κ2) is 6.53. The standard InChI is InChI=1S/C21H15FN2O4/c1-11(25)9-15-14-3-2-8-23-18(14)19(26)17-16(15)20(27)24(21(17)28)10-12-4-6-13(22)7-5-12/h2-8,26H,9-10H2,1H3. The molecule has 0 radical (unpaired) electrons. The number of phenolic OH excluding ortho intramolecular Hbond substituents is 1. The number of imide groups is 1. The summed E-state index contributed by atoms with van der Waals surface area (Å²) in [6.45, 7) is 1.31. The number of hydrogen-bond donors (Lipinski definition) is 1. The van der Waals surface area contributed by atoms with Crippen LogP contribution in [0.2, 0.25) is 0 Å². The van der Waals surface area contributed by atoms with Gasteiger partial charge in [0.05, 0.1) is 17.7 Å². The van der Waals surface area contributed by atoms with Crippen LogP contribution < -0.4 is 0 Å². The summed E-state index contributed by atoms with van der Waals surface area (Å²) in [5, 5.41) is 11.1. The molecule has 4 rings (SSSR count). The van der Waals surface area contributed by atoms with Gasteiger partial charge in [-0.25, -0.2) is 4.39 Å². The molecule has 1 aliphatic rings. The fourth-order valence-electron chi connectivity index (χ4n) is 3.51. The molecule has 2 amide bonds. The Morgan fingerprint density at radius 3 is 2.46 bits per heavy atom. The van der Waals surface area contributed by atoms with Gasteiger partial charge in [0.2, 0.25) is 0 Å². The number of amides is 2. The fourth-order valence-corrected chi connectivity index (χ4v) is 3.51. The molecule has 2 aromatic carbocycles. The van der Waals surface area contributed by atoms with E-state index in [0.717, 1.165) is 4.90 Å². The molecule has 0 unspecified atom stereocenters. The number of hydrogen-bond acceptors (Lipinski definition) is 5. The maximum Gasteiger partial charge on any atom is 0.265 e. The van der Waals surface area contributed by atoms with Crippen LogP contribution in [-0.4, -0.2) is 32.6 Å². The monoisotopic (exact) mass is 378 g/mol. The molecule has 0 aliphatic carbocycles. The Balaban J connectivity index is 1.89. The maximum atomic E-state index is 13.1. The van der Waals surface area contributed by atoms with Crippen LogP contribution in [0, 0.1) is 5.82 Å². The van der Waals surface area contributed by atoms with Gasteiger partial charge in [-0.1, -0.05) is 18.2 Å². The Hall–Kier alpha value is -3.61. The van der Waals surface area contributed by atoms with E-state index < -0.39 is 17.6 Å². The summed E-state index contributed by atoms with van der Waals surface area (Å²) in [6, 6.07) is 8.73. The summed E-state index contributed by atoms with van der Waals surface area (Å²) in [7, 11) is 0. The summed E-state index contributed by atoms with van der Waals surface area (Å²) >= 11 is 0. The van der Waals surface area contributed by atoms with Gasteiger partial charge in [0.15, 0.2) is 5.75 Å². The lowest BCUT2D eigenvalue weighted by Crippen LogP contribution is -2.29. The molecule has 0 atom stereocenters. The number of pyridine rings is 1. The van der Waals surface area contributed by atoms with E-state index in [1.54, 1.807) is 12.1 Å². The van der Waals surface area contributed by atoms with Crippen molar-refractivity contribution in [3.05, 3.63) is 70.7 Å². The van der Waals surface area contributed by atoms with Crippen LogP contribution in [0.15, 0.2) is 42.6 Å². The number of rotatable bonds is 4. The van der Waals surface area contributed by atoms with Gasteiger partial charge < -0.3 is 5.11 Å².